The minimum Gasteiger partial charge on any atom is -0.355 e. The summed E-state index contributed by atoms with van der Waals surface area (Å²) in [7, 11) is -3.78. The Morgan fingerprint density at radius 1 is 1.00 bits per heavy atom. The lowest BCUT2D eigenvalue weighted by Crippen LogP contribution is -2.35. The number of pyridine rings is 1. The van der Waals surface area contributed by atoms with Gasteiger partial charge in [-0.15, -0.1) is 0 Å². The lowest BCUT2D eigenvalue weighted by molar-refractivity contribution is -0.137. The molecule has 0 radical (unpaired) electrons. The number of anilines is 1. The maximum atomic E-state index is 13.1. The van der Waals surface area contributed by atoms with Crippen molar-refractivity contribution in [2.45, 2.75) is 31.3 Å². The molecule has 180 valence electrons. The van der Waals surface area contributed by atoms with E-state index in [1.165, 1.54) is 34.6 Å². The van der Waals surface area contributed by atoms with Crippen molar-refractivity contribution in [1.29, 1.82) is 0 Å². The van der Waals surface area contributed by atoms with E-state index in [9.17, 15) is 26.4 Å². The number of nitrogens with zero attached hydrogens (tertiary/aromatic N) is 4. The van der Waals surface area contributed by atoms with Crippen molar-refractivity contribution in [2.24, 2.45) is 0 Å². The van der Waals surface area contributed by atoms with Crippen LogP contribution in [0.3, 0.4) is 0 Å². The van der Waals surface area contributed by atoms with E-state index in [1.54, 1.807) is 9.80 Å². The summed E-state index contributed by atoms with van der Waals surface area (Å²) in [6.45, 7) is 6.11. The molecule has 0 spiro atoms. The summed E-state index contributed by atoms with van der Waals surface area (Å²) < 4.78 is 65.9. The van der Waals surface area contributed by atoms with E-state index in [4.69, 9.17) is 0 Å². The van der Waals surface area contributed by atoms with Crippen LogP contribution in [0.25, 0.3) is 0 Å². The molecule has 3 rings (SSSR count). The molecule has 2 heterocycles. The quantitative estimate of drug-likeness (QED) is 0.628. The highest BCUT2D eigenvalue weighted by molar-refractivity contribution is 7.89. The van der Waals surface area contributed by atoms with Gasteiger partial charge >= 0.3 is 6.18 Å². The number of carbonyl (C=O) groups excluding carboxylic acids is 1. The van der Waals surface area contributed by atoms with Crippen molar-refractivity contribution >= 4 is 21.7 Å². The van der Waals surface area contributed by atoms with E-state index in [0.717, 1.165) is 12.3 Å². The van der Waals surface area contributed by atoms with Crippen LogP contribution in [0.2, 0.25) is 0 Å². The Morgan fingerprint density at radius 2 is 1.67 bits per heavy atom. The van der Waals surface area contributed by atoms with Crippen LogP contribution in [0.5, 0.6) is 0 Å². The molecule has 11 heteroatoms. The number of sulfonamides is 1. The molecule has 7 nitrogen and oxygen atoms in total. The Morgan fingerprint density at radius 3 is 2.21 bits per heavy atom. The predicted octanol–water partition coefficient (Wildman–Crippen LogP) is 3.48. The maximum absolute atomic E-state index is 13.1. The largest absolute Gasteiger partial charge is 0.417 e. The molecule has 1 aromatic heterocycles. The van der Waals surface area contributed by atoms with Gasteiger partial charge in [0, 0.05) is 51.0 Å². The Kier molecular flexibility index (Phi) is 7.63. The van der Waals surface area contributed by atoms with Gasteiger partial charge in [-0.25, -0.2) is 13.4 Å². The number of amides is 1. The zero-order valence-corrected chi connectivity index (χ0v) is 19.4. The van der Waals surface area contributed by atoms with Gasteiger partial charge in [-0.3, -0.25) is 4.79 Å². The maximum Gasteiger partial charge on any atom is 0.417 e. The van der Waals surface area contributed by atoms with Gasteiger partial charge in [-0.05, 0) is 56.7 Å². The second kappa shape index (κ2) is 10.1. The summed E-state index contributed by atoms with van der Waals surface area (Å²) >= 11 is 0. The number of hydrogen-bond donors (Lipinski definition) is 0. The van der Waals surface area contributed by atoms with E-state index < -0.39 is 21.8 Å². The number of alkyl halides is 3. The first-order valence-electron chi connectivity index (χ1n) is 10.8. The number of rotatable bonds is 6. The van der Waals surface area contributed by atoms with E-state index in [0.29, 0.717) is 44.0 Å². The molecule has 33 heavy (non-hydrogen) atoms. The Bertz CT molecular complexity index is 1050. The summed E-state index contributed by atoms with van der Waals surface area (Å²) in [6.07, 6.45) is -3.17. The van der Waals surface area contributed by atoms with Gasteiger partial charge in [0.15, 0.2) is 0 Å². The molecule has 2 aromatic rings. The topological polar surface area (TPSA) is 73.8 Å². The molecule has 0 unspecified atom stereocenters. The Labute approximate surface area is 191 Å². The van der Waals surface area contributed by atoms with Crippen molar-refractivity contribution < 1.29 is 26.4 Å². The second-order valence-corrected chi connectivity index (χ2v) is 9.59. The van der Waals surface area contributed by atoms with Gasteiger partial charge in [0.2, 0.25) is 10.0 Å². The van der Waals surface area contributed by atoms with Crippen LogP contribution in [-0.4, -0.2) is 67.8 Å². The molecule has 1 aliphatic heterocycles. The van der Waals surface area contributed by atoms with Gasteiger partial charge < -0.3 is 9.80 Å². The first-order valence-corrected chi connectivity index (χ1v) is 12.2. The van der Waals surface area contributed by atoms with Crippen LogP contribution in [0.1, 0.15) is 36.2 Å². The summed E-state index contributed by atoms with van der Waals surface area (Å²) in [5, 5.41) is 0. The van der Waals surface area contributed by atoms with Gasteiger partial charge in [0.05, 0.1) is 10.5 Å². The molecule has 1 aliphatic rings. The summed E-state index contributed by atoms with van der Waals surface area (Å²) in [4.78, 5) is 19.9. The van der Waals surface area contributed by atoms with E-state index >= 15 is 0 Å². The lowest BCUT2D eigenvalue weighted by atomic mass is 10.2. The van der Waals surface area contributed by atoms with Crippen LogP contribution in [0, 0.1) is 0 Å². The molecular formula is C22H27F3N4O3S. The highest BCUT2D eigenvalue weighted by Crippen LogP contribution is 2.29. The Balaban J connectivity index is 1.70. The second-order valence-electron chi connectivity index (χ2n) is 7.65. The number of benzene rings is 1. The van der Waals surface area contributed by atoms with Gasteiger partial charge in [0.1, 0.15) is 5.82 Å². The molecule has 1 fully saturated rings. The monoisotopic (exact) mass is 484 g/mol. The molecule has 1 aromatic carbocycles. The van der Waals surface area contributed by atoms with Gasteiger partial charge in [-0.2, -0.15) is 17.5 Å². The zero-order chi connectivity index (χ0) is 24.2. The molecular weight excluding hydrogens is 457 g/mol. The number of halogens is 3. The number of aromatic nitrogens is 1. The fourth-order valence-electron chi connectivity index (χ4n) is 3.72. The fourth-order valence-corrected chi connectivity index (χ4v) is 5.19. The average molecular weight is 485 g/mol. The van der Waals surface area contributed by atoms with Gasteiger partial charge in [-0.1, -0.05) is 0 Å². The first kappa shape index (κ1) is 25.0. The number of carbonyl (C=O) groups is 1. The molecule has 0 saturated carbocycles. The highest BCUT2D eigenvalue weighted by atomic mass is 32.2. The highest BCUT2D eigenvalue weighted by Gasteiger charge is 2.31. The van der Waals surface area contributed by atoms with Crippen molar-refractivity contribution in [3.63, 3.8) is 0 Å². The van der Waals surface area contributed by atoms with E-state index in [2.05, 4.69) is 4.98 Å². The van der Waals surface area contributed by atoms with Crippen LogP contribution in [0.4, 0.5) is 19.0 Å². The molecule has 0 atom stereocenters. The standard InChI is InChI=1S/C22H27F3N4O3S/c1-3-27(4-2)21(30)17-6-9-19(10-7-17)33(31,32)29-13-5-12-28(14-15-29)20-11-8-18(16-26-20)22(23,24)25/h6-11,16H,3-5,12-15H2,1-2H3. The fraction of sp³-hybridized carbons (Fsp3) is 0.455. The SMILES string of the molecule is CCN(CC)C(=O)c1ccc(S(=O)(=O)N2CCCN(c3ccc(C(F)(F)F)cn3)CC2)cc1. The van der Waals surface area contributed by atoms with Crippen LogP contribution >= 0.6 is 0 Å². The zero-order valence-electron chi connectivity index (χ0n) is 18.5. The van der Waals surface area contributed by atoms with Crippen molar-refractivity contribution in [1.82, 2.24) is 14.2 Å². The van der Waals surface area contributed by atoms with Crippen LogP contribution in [-0.2, 0) is 16.2 Å². The first-order chi connectivity index (χ1) is 15.6. The van der Waals surface area contributed by atoms with Crippen molar-refractivity contribution in [3.05, 3.63) is 53.7 Å². The summed E-state index contributed by atoms with van der Waals surface area (Å²) in [5.74, 6) is 0.222. The van der Waals surface area contributed by atoms with E-state index in [-0.39, 0.29) is 23.9 Å². The minimum atomic E-state index is -4.46. The van der Waals surface area contributed by atoms with Crippen molar-refractivity contribution in [2.75, 3.05) is 44.2 Å². The average Bonchev–Trinajstić information content (AvgIpc) is 3.06. The summed E-state index contributed by atoms with van der Waals surface area (Å²) in [5.41, 5.74) is -0.402. The molecule has 0 N–H and O–H groups in total. The molecule has 0 bridgehead atoms. The summed E-state index contributed by atoms with van der Waals surface area (Å²) in [6, 6.07) is 8.19. The molecule has 0 aliphatic carbocycles. The normalized spacial score (nSPS) is 15.8. The number of hydrogen-bond acceptors (Lipinski definition) is 5. The molecule has 1 saturated heterocycles. The predicted molar refractivity (Wildman–Crippen MR) is 119 cm³/mol. The third-order valence-electron chi connectivity index (χ3n) is 5.64. The minimum absolute atomic E-state index is 0.0969. The van der Waals surface area contributed by atoms with Crippen LogP contribution in [0.15, 0.2) is 47.5 Å². The van der Waals surface area contributed by atoms with Gasteiger partial charge in [0.25, 0.3) is 5.91 Å². The van der Waals surface area contributed by atoms with Crippen LogP contribution < -0.4 is 4.90 Å². The Hall–Kier alpha value is -2.66. The lowest BCUT2D eigenvalue weighted by Gasteiger charge is -2.23. The van der Waals surface area contributed by atoms with E-state index in [1.807, 2.05) is 13.8 Å². The van der Waals surface area contributed by atoms with Crippen molar-refractivity contribution in [3.8, 4) is 0 Å². The smallest absolute Gasteiger partial charge is 0.355 e. The third-order valence-corrected chi connectivity index (χ3v) is 7.56. The third kappa shape index (κ3) is 5.64. The molecule has 1 amide bonds.